The fourth-order valence-electron chi connectivity index (χ4n) is 2.53. The van der Waals surface area contributed by atoms with Crippen molar-refractivity contribution in [3.63, 3.8) is 0 Å². The van der Waals surface area contributed by atoms with Crippen LogP contribution in [-0.4, -0.2) is 52.1 Å². The number of carbonyl (C=O) groups excluding carboxylic acids is 1. The molecule has 0 aliphatic carbocycles. The molecule has 2 rings (SSSR count). The summed E-state index contributed by atoms with van der Waals surface area (Å²) < 4.78 is 0. The third-order valence-corrected chi connectivity index (χ3v) is 4.29. The Balaban J connectivity index is 1.91. The molecule has 1 aromatic heterocycles. The molecule has 6 heteroatoms. The van der Waals surface area contributed by atoms with Crippen molar-refractivity contribution < 1.29 is 4.79 Å². The molecule has 0 radical (unpaired) electrons. The molecule has 1 aliphatic heterocycles. The fourth-order valence-corrected chi connectivity index (χ4v) is 3.02. The number of rotatable bonds is 5. The van der Waals surface area contributed by atoms with Gasteiger partial charge < -0.3 is 10.6 Å². The Morgan fingerprint density at radius 3 is 3.26 bits per heavy atom. The van der Waals surface area contributed by atoms with Gasteiger partial charge in [-0.2, -0.15) is 16.9 Å². The molecule has 5 nitrogen and oxygen atoms in total. The summed E-state index contributed by atoms with van der Waals surface area (Å²) in [6, 6.07) is 1.64. The quantitative estimate of drug-likeness (QED) is 0.851. The van der Waals surface area contributed by atoms with E-state index in [-0.39, 0.29) is 11.9 Å². The van der Waals surface area contributed by atoms with E-state index in [0.29, 0.717) is 5.92 Å². The lowest BCUT2D eigenvalue weighted by Crippen LogP contribution is -2.47. The standard InChI is InChI=1S/C13H22N4OS/c1-19-8-5-11(14)13(18)17-7-2-3-10(9-17)12-4-6-15-16-12/h4,6,10-11H,2-3,5,7-9,14H2,1H3,(H,15,16)/t10?,11-/m1/s1. The number of nitrogens with one attached hydrogen (secondary N) is 1. The van der Waals surface area contributed by atoms with Crippen molar-refractivity contribution in [2.24, 2.45) is 5.73 Å². The summed E-state index contributed by atoms with van der Waals surface area (Å²) >= 11 is 1.73. The zero-order valence-electron chi connectivity index (χ0n) is 11.3. The van der Waals surface area contributed by atoms with E-state index in [1.165, 1.54) is 0 Å². The summed E-state index contributed by atoms with van der Waals surface area (Å²) in [5.74, 6) is 1.40. The van der Waals surface area contributed by atoms with Crippen LogP contribution in [0.25, 0.3) is 0 Å². The number of H-pyrrole nitrogens is 1. The smallest absolute Gasteiger partial charge is 0.239 e. The van der Waals surface area contributed by atoms with Gasteiger partial charge in [0.1, 0.15) is 0 Å². The van der Waals surface area contributed by atoms with Crippen LogP contribution in [0.2, 0.25) is 0 Å². The summed E-state index contributed by atoms with van der Waals surface area (Å²) in [6.45, 7) is 1.59. The first-order valence-electron chi connectivity index (χ1n) is 6.75. The van der Waals surface area contributed by atoms with Crippen molar-refractivity contribution in [3.8, 4) is 0 Å². The minimum Gasteiger partial charge on any atom is -0.341 e. The Morgan fingerprint density at radius 2 is 2.58 bits per heavy atom. The third-order valence-electron chi connectivity index (χ3n) is 3.65. The number of thioether (sulfide) groups is 1. The molecule has 0 aromatic carbocycles. The van der Waals surface area contributed by atoms with E-state index >= 15 is 0 Å². The largest absolute Gasteiger partial charge is 0.341 e. The van der Waals surface area contributed by atoms with Crippen LogP contribution in [0.4, 0.5) is 0 Å². The Kier molecular flexibility index (Phi) is 5.27. The van der Waals surface area contributed by atoms with Crippen LogP contribution in [0.1, 0.15) is 30.9 Å². The summed E-state index contributed by atoms with van der Waals surface area (Å²) in [6.07, 6.45) is 6.69. The highest BCUT2D eigenvalue weighted by molar-refractivity contribution is 7.98. The van der Waals surface area contributed by atoms with Crippen molar-refractivity contribution in [3.05, 3.63) is 18.0 Å². The number of likely N-dealkylation sites (tertiary alicyclic amines) is 1. The number of nitrogens with two attached hydrogens (primary N) is 1. The number of amides is 1. The fraction of sp³-hybridized carbons (Fsp3) is 0.692. The molecule has 19 heavy (non-hydrogen) atoms. The first-order valence-corrected chi connectivity index (χ1v) is 8.14. The number of nitrogens with zero attached hydrogens (tertiary/aromatic N) is 2. The predicted molar refractivity (Wildman–Crippen MR) is 78.1 cm³/mol. The van der Waals surface area contributed by atoms with E-state index < -0.39 is 0 Å². The highest BCUT2D eigenvalue weighted by atomic mass is 32.2. The predicted octanol–water partition coefficient (Wildman–Crippen LogP) is 1.20. The Labute approximate surface area is 118 Å². The Hall–Kier alpha value is -1.01. The molecule has 2 atom stereocenters. The molecule has 1 fully saturated rings. The zero-order valence-corrected chi connectivity index (χ0v) is 12.2. The molecule has 2 heterocycles. The third kappa shape index (κ3) is 3.73. The van der Waals surface area contributed by atoms with Gasteiger partial charge in [-0.05, 0) is 37.3 Å². The number of hydrogen-bond donors (Lipinski definition) is 2. The van der Waals surface area contributed by atoms with Gasteiger partial charge in [0.25, 0.3) is 0 Å². The number of aromatic nitrogens is 2. The van der Waals surface area contributed by atoms with Gasteiger partial charge >= 0.3 is 0 Å². The molecule has 0 saturated carbocycles. The van der Waals surface area contributed by atoms with Crippen molar-refractivity contribution in [1.82, 2.24) is 15.1 Å². The average molecular weight is 282 g/mol. The van der Waals surface area contributed by atoms with Gasteiger partial charge in [0.2, 0.25) is 5.91 Å². The first kappa shape index (κ1) is 14.4. The second-order valence-corrected chi connectivity index (χ2v) is 6.01. The SMILES string of the molecule is CSCC[C@@H](N)C(=O)N1CCCC(c2ccn[nH]2)C1. The highest BCUT2D eigenvalue weighted by Crippen LogP contribution is 2.25. The lowest BCUT2D eigenvalue weighted by Gasteiger charge is -2.33. The summed E-state index contributed by atoms with van der Waals surface area (Å²) in [5.41, 5.74) is 7.09. The van der Waals surface area contributed by atoms with Gasteiger partial charge in [0, 0.05) is 30.9 Å². The monoisotopic (exact) mass is 282 g/mol. The van der Waals surface area contributed by atoms with Gasteiger partial charge in [-0.15, -0.1) is 0 Å². The van der Waals surface area contributed by atoms with Crippen molar-refractivity contribution in [1.29, 1.82) is 0 Å². The average Bonchev–Trinajstić information content (AvgIpc) is 2.98. The Bertz CT molecular complexity index is 395. The van der Waals surface area contributed by atoms with Crippen LogP contribution in [-0.2, 0) is 4.79 Å². The zero-order chi connectivity index (χ0) is 13.7. The van der Waals surface area contributed by atoms with Crippen molar-refractivity contribution >= 4 is 17.7 Å². The van der Waals surface area contributed by atoms with Crippen LogP contribution in [0.3, 0.4) is 0 Å². The van der Waals surface area contributed by atoms with E-state index in [2.05, 4.69) is 10.2 Å². The van der Waals surface area contributed by atoms with E-state index in [4.69, 9.17) is 5.73 Å². The van der Waals surface area contributed by atoms with Gasteiger partial charge in [0.15, 0.2) is 0 Å². The summed E-state index contributed by atoms with van der Waals surface area (Å²) in [5, 5.41) is 6.99. The van der Waals surface area contributed by atoms with Crippen molar-refractivity contribution in [2.45, 2.75) is 31.2 Å². The lowest BCUT2D eigenvalue weighted by atomic mass is 9.94. The summed E-state index contributed by atoms with van der Waals surface area (Å²) in [4.78, 5) is 14.2. The van der Waals surface area contributed by atoms with E-state index in [1.54, 1.807) is 18.0 Å². The molecule has 1 saturated heterocycles. The van der Waals surface area contributed by atoms with Crippen molar-refractivity contribution in [2.75, 3.05) is 25.1 Å². The van der Waals surface area contributed by atoms with E-state index in [9.17, 15) is 4.79 Å². The van der Waals surface area contributed by atoms with Crippen LogP contribution in [0.5, 0.6) is 0 Å². The lowest BCUT2D eigenvalue weighted by molar-refractivity contribution is -0.133. The minimum absolute atomic E-state index is 0.0956. The molecular formula is C13H22N4OS. The van der Waals surface area contributed by atoms with Crippen LogP contribution >= 0.6 is 11.8 Å². The maximum atomic E-state index is 12.3. The molecule has 3 N–H and O–H groups in total. The molecule has 0 spiro atoms. The molecule has 1 aromatic rings. The van der Waals surface area contributed by atoms with E-state index in [1.807, 2.05) is 17.2 Å². The molecule has 0 bridgehead atoms. The maximum Gasteiger partial charge on any atom is 0.239 e. The van der Waals surface area contributed by atoms with Gasteiger partial charge in [-0.3, -0.25) is 9.89 Å². The number of piperidine rings is 1. The van der Waals surface area contributed by atoms with Crippen LogP contribution in [0, 0.1) is 0 Å². The highest BCUT2D eigenvalue weighted by Gasteiger charge is 2.28. The van der Waals surface area contributed by atoms with Crippen LogP contribution < -0.4 is 5.73 Å². The Morgan fingerprint density at radius 1 is 1.74 bits per heavy atom. The molecular weight excluding hydrogens is 260 g/mol. The first-order chi connectivity index (χ1) is 9.22. The van der Waals surface area contributed by atoms with Gasteiger partial charge in [-0.25, -0.2) is 0 Å². The number of carbonyl (C=O) groups is 1. The second-order valence-electron chi connectivity index (χ2n) is 5.02. The normalized spacial score (nSPS) is 21.4. The molecule has 1 amide bonds. The summed E-state index contributed by atoms with van der Waals surface area (Å²) in [7, 11) is 0. The molecule has 1 unspecified atom stereocenters. The number of aromatic amines is 1. The minimum atomic E-state index is -0.354. The van der Waals surface area contributed by atoms with Crippen LogP contribution in [0.15, 0.2) is 12.3 Å². The number of hydrogen-bond acceptors (Lipinski definition) is 4. The second kappa shape index (κ2) is 6.96. The van der Waals surface area contributed by atoms with Gasteiger partial charge in [0.05, 0.1) is 6.04 Å². The maximum absolute atomic E-state index is 12.3. The molecule has 1 aliphatic rings. The van der Waals surface area contributed by atoms with E-state index in [0.717, 1.165) is 43.8 Å². The topological polar surface area (TPSA) is 75.0 Å². The molecule has 106 valence electrons. The van der Waals surface area contributed by atoms with Gasteiger partial charge in [-0.1, -0.05) is 0 Å².